The molecule has 0 bridgehead atoms. The number of benzene rings is 2. The van der Waals surface area contributed by atoms with Crippen LogP contribution in [0.1, 0.15) is 19.4 Å². The van der Waals surface area contributed by atoms with E-state index in [9.17, 15) is 22.8 Å². The number of carbonyl (C=O) groups is 3. The second-order valence-electron chi connectivity index (χ2n) is 7.33. The van der Waals surface area contributed by atoms with Gasteiger partial charge < -0.3 is 13.7 Å². The van der Waals surface area contributed by atoms with Gasteiger partial charge in [-0.25, -0.2) is 0 Å². The Balaban J connectivity index is 1.86. The van der Waals surface area contributed by atoms with Crippen LogP contribution < -0.4 is 8.92 Å². The zero-order chi connectivity index (χ0) is 25.9. The van der Waals surface area contributed by atoms with Crippen LogP contribution in [0.3, 0.4) is 0 Å². The molecule has 0 aliphatic carbocycles. The minimum atomic E-state index is -4.18. The molecule has 0 radical (unpaired) electrons. The van der Waals surface area contributed by atoms with Crippen LogP contribution in [0.15, 0.2) is 46.2 Å². The Bertz CT molecular complexity index is 1310. The van der Waals surface area contributed by atoms with Gasteiger partial charge in [-0.3, -0.25) is 19.3 Å². The predicted octanol–water partition coefficient (Wildman–Crippen LogP) is 4.71. The Kier molecular flexibility index (Phi) is 8.72. The van der Waals surface area contributed by atoms with Gasteiger partial charge in [0.1, 0.15) is 11.4 Å². The maximum absolute atomic E-state index is 12.7. The molecule has 0 saturated carbocycles. The first-order valence-electron chi connectivity index (χ1n) is 9.93. The lowest BCUT2D eigenvalue weighted by Crippen LogP contribution is -2.35. The van der Waals surface area contributed by atoms with Gasteiger partial charge in [-0.2, -0.15) is 8.42 Å². The van der Waals surface area contributed by atoms with Crippen LogP contribution in [-0.4, -0.2) is 50.2 Å². The summed E-state index contributed by atoms with van der Waals surface area (Å²) in [4.78, 5) is 37.6. The van der Waals surface area contributed by atoms with E-state index in [4.69, 9.17) is 25.3 Å². The first kappa shape index (κ1) is 27.3. The summed E-state index contributed by atoms with van der Waals surface area (Å²) in [6.45, 7) is 2.83. The lowest BCUT2D eigenvalue weighted by Gasteiger charge is -2.14. The highest BCUT2D eigenvalue weighted by molar-refractivity contribution is 14.1. The molecule has 0 N–H and O–H groups in total. The molecule has 2 aromatic rings. The number of halogens is 2. The molecule has 186 valence electrons. The molecule has 2 amide bonds. The molecule has 1 aliphatic rings. The van der Waals surface area contributed by atoms with Gasteiger partial charge >= 0.3 is 16.1 Å². The highest BCUT2D eigenvalue weighted by Crippen LogP contribution is 2.38. The minimum Gasteiger partial charge on any atom is -0.493 e. The van der Waals surface area contributed by atoms with Crippen molar-refractivity contribution in [3.63, 3.8) is 0 Å². The quantitative estimate of drug-likeness (QED) is 0.173. The van der Waals surface area contributed by atoms with Crippen LogP contribution in [0.4, 0.5) is 4.79 Å². The average Bonchev–Trinajstić information content (AvgIpc) is 3.02. The third-order valence-corrected chi connectivity index (χ3v) is 7.57. The number of nitrogens with zero attached hydrogens (tertiary/aromatic N) is 1. The molecule has 13 heteroatoms. The van der Waals surface area contributed by atoms with E-state index in [1.807, 2.05) is 22.6 Å². The highest BCUT2D eigenvalue weighted by Gasteiger charge is 2.37. The van der Waals surface area contributed by atoms with Gasteiger partial charge in [-0.05, 0) is 96.2 Å². The Morgan fingerprint density at radius 3 is 2.46 bits per heavy atom. The summed E-state index contributed by atoms with van der Waals surface area (Å²) in [5.74, 6) is -1.27. The number of rotatable bonds is 8. The predicted molar refractivity (Wildman–Crippen MR) is 139 cm³/mol. The zero-order valence-corrected chi connectivity index (χ0v) is 23.2. The second kappa shape index (κ2) is 11.2. The lowest BCUT2D eigenvalue weighted by molar-refractivity contribution is -0.149. The van der Waals surface area contributed by atoms with Gasteiger partial charge in [0.25, 0.3) is 11.1 Å². The lowest BCUT2D eigenvalue weighted by atomic mass is 10.2. The van der Waals surface area contributed by atoms with Crippen molar-refractivity contribution in [2.75, 3.05) is 13.7 Å². The molecule has 0 atom stereocenters. The molecule has 3 rings (SSSR count). The fourth-order valence-corrected chi connectivity index (χ4v) is 5.69. The summed E-state index contributed by atoms with van der Waals surface area (Å²) >= 11 is 8.38. The number of hydrogen-bond acceptors (Lipinski definition) is 9. The van der Waals surface area contributed by atoms with Crippen LogP contribution in [0.25, 0.3) is 6.08 Å². The number of imide groups is 1. The number of carbonyl (C=O) groups excluding carboxylic acids is 3. The maximum Gasteiger partial charge on any atom is 0.339 e. The Labute approximate surface area is 225 Å². The van der Waals surface area contributed by atoms with Crippen molar-refractivity contribution in [2.45, 2.75) is 24.8 Å². The molecular weight excluding hydrogens is 633 g/mol. The van der Waals surface area contributed by atoms with E-state index >= 15 is 0 Å². The molecule has 1 saturated heterocycles. The number of hydrogen-bond donors (Lipinski definition) is 0. The van der Waals surface area contributed by atoms with Crippen molar-refractivity contribution >= 4 is 79.3 Å². The molecule has 0 spiro atoms. The van der Waals surface area contributed by atoms with E-state index in [0.29, 0.717) is 25.9 Å². The molecule has 35 heavy (non-hydrogen) atoms. The summed E-state index contributed by atoms with van der Waals surface area (Å²) in [6, 6.07) is 8.53. The standard InChI is InChI=1S/C22H19ClINO8S2/c1-12(2)32-19(26)11-25-21(27)18(34-22(25)28)10-13-8-16(24)20(17(9-13)31-3)33-35(29,30)15-6-4-14(23)5-7-15/h4-10,12H,11H2,1-3H3/b18-10-. The normalized spacial score (nSPS) is 15.1. The molecule has 9 nitrogen and oxygen atoms in total. The third kappa shape index (κ3) is 6.68. The summed E-state index contributed by atoms with van der Waals surface area (Å²) in [5.41, 5.74) is 0.456. The maximum atomic E-state index is 12.7. The van der Waals surface area contributed by atoms with Crippen molar-refractivity contribution in [1.29, 1.82) is 0 Å². The molecule has 2 aromatic carbocycles. The van der Waals surface area contributed by atoms with E-state index in [1.165, 1.54) is 43.5 Å². The second-order valence-corrected chi connectivity index (χ2v) is 11.5. The fourth-order valence-electron chi connectivity index (χ4n) is 2.88. The van der Waals surface area contributed by atoms with Gasteiger partial charge in [0, 0.05) is 5.02 Å². The number of methoxy groups -OCH3 is 1. The summed E-state index contributed by atoms with van der Waals surface area (Å²) in [5, 5.41) is -0.223. The van der Waals surface area contributed by atoms with Gasteiger partial charge in [-0.15, -0.1) is 0 Å². The van der Waals surface area contributed by atoms with Gasteiger partial charge in [0.15, 0.2) is 11.5 Å². The number of thioether (sulfide) groups is 1. The molecule has 0 aromatic heterocycles. The van der Waals surface area contributed by atoms with E-state index < -0.39 is 33.8 Å². The molecule has 1 heterocycles. The Morgan fingerprint density at radius 2 is 1.86 bits per heavy atom. The average molecular weight is 652 g/mol. The number of ether oxygens (including phenoxy) is 2. The monoisotopic (exact) mass is 651 g/mol. The van der Waals surface area contributed by atoms with Crippen LogP contribution in [0.5, 0.6) is 11.5 Å². The van der Waals surface area contributed by atoms with E-state index in [1.54, 1.807) is 19.9 Å². The third-order valence-electron chi connectivity index (χ3n) is 4.37. The van der Waals surface area contributed by atoms with Crippen LogP contribution in [-0.2, 0) is 24.4 Å². The van der Waals surface area contributed by atoms with Gasteiger partial charge in [-0.1, -0.05) is 11.6 Å². The molecular formula is C22H19ClINO8S2. The Hall–Kier alpha value is -2.29. The molecule has 1 fully saturated rings. The van der Waals surface area contributed by atoms with E-state index in [-0.39, 0.29) is 27.4 Å². The van der Waals surface area contributed by atoms with Crippen molar-refractivity contribution in [1.82, 2.24) is 4.90 Å². The number of amides is 2. The molecule has 1 aliphatic heterocycles. The first-order valence-corrected chi connectivity index (χ1v) is 13.6. The summed E-state index contributed by atoms with van der Waals surface area (Å²) in [6.07, 6.45) is 1.07. The van der Waals surface area contributed by atoms with Crippen LogP contribution >= 0.6 is 46.0 Å². The summed E-state index contributed by atoms with van der Waals surface area (Å²) < 4.78 is 41.4. The smallest absolute Gasteiger partial charge is 0.339 e. The van der Waals surface area contributed by atoms with Gasteiger partial charge in [0.2, 0.25) is 0 Å². The van der Waals surface area contributed by atoms with Crippen molar-refractivity contribution in [3.05, 3.63) is 55.5 Å². The van der Waals surface area contributed by atoms with E-state index in [0.717, 1.165) is 4.90 Å². The molecule has 0 unspecified atom stereocenters. The van der Waals surface area contributed by atoms with Crippen molar-refractivity contribution in [3.8, 4) is 11.5 Å². The topological polar surface area (TPSA) is 116 Å². The first-order chi connectivity index (χ1) is 16.4. The SMILES string of the molecule is COc1cc(/C=C2\SC(=O)N(CC(=O)OC(C)C)C2=O)cc(I)c1OS(=O)(=O)c1ccc(Cl)cc1. The Morgan fingerprint density at radius 1 is 1.20 bits per heavy atom. The van der Waals surface area contributed by atoms with Gasteiger partial charge in [0.05, 0.1) is 21.7 Å². The van der Waals surface area contributed by atoms with Crippen molar-refractivity contribution in [2.24, 2.45) is 0 Å². The van der Waals surface area contributed by atoms with E-state index in [2.05, 4.69) is 0 Å². The van der Waals surface area contributed by atoms with Crippen LogP contribution in [0, 0.1) is 3.57 Å². The zero-order valence-electron chi connectivity index (χ0n) is 18.6. The van der Waals surface area contributed by atoms with Crippen LogP contribution in [0.2, 0.25) is 5.02 Å². The minimum absolute atomic E-state index is 0.0373. The largest absolute Gasteiger partial charge is 0.493 e. The highest BCUT2D eigenvalue weighted by atomic mass is 127. The fraction of sp³-hybridized carbons (Fsp3) is 0.227. The number of esters is 1. The summed E-state index contributed by atoms with van der Waals surface area (Å²) in [7, 11) is -2.84. The van der Waals surface area contributed by atoms with Crippen molar-refractivity contribution < 1.29 is 36.5 Å².